The van der Waals surface area contributed by atoms with Crippen LogP contribution in [-0.4, -0.2) is 28.5 Å². The fourth-order valence-corrected chi connectivity index (χ4v) is 2.36. The molecule has 1 N–H and O–H groups in total. The second kappa shape index (κ2) is 9.00. The highest BCUT2D eigenvalue weighted by Gasteiger charge is 2.02. The highest BCUT2D eigenvalue weighted by Crippen LogP contribution is 2.20. The predicted molar refractivity (Wildman–Crippen MR) is 80.1 cm³/mol. The molecule has 96 valence electrons. The van der Waals surface area contributed by atoms with Crippen molar-refractivity contribution in [2.75, 3.05) is 23.9 Å². The number of hydrogen-bond donors (Lipinski definition) is 1. The zero-order valence-corrected chi connectivity index (χ0v) is 13.0. The van der Waals surface area contributed by atoms with Crippen molar-refractivity contribution in [2.45, 2.75) is 25.7 Å². The van der Waals surface area contributed by atoms with E-state index >= 15 is 0 Å². The molecule has 0 aliphatic carbocycles. The van der Waals surface area contributed by atoms with Crippen LogP contribution in [0.5, 0.6) is 0 Å². The van der Waals surface area contributed by atoms with Gasteiger partial charge in [0, 0.05) is 12.7 Å². The van der Waals surface area contributed by atoms with E-state index in [0.717, 1.165) is 23.3 Å². The molecule has 1 rings (SSSR count). The minimum Gasteiger partial charge on any atom is -0.369 e. The van der Waals surface area contributed by atoms with E-state index < -0.39 is 0 Å². The van der Waals surface area contributed by atoms with Gasteiger partial charge in [0.05, 0.1) is 4.47 Å². The summed E-state index contributed by atoms with van der Waals surface area (Å²) in [5.74, 6) is 2.04. The zero-order valence-electron chi connectivity index (χ0n) is 9.88. The minimum absolute atomic E-state index is 0.274. The molecular formula is C11H17BrClN3S. The van der Waals surface area contributed by atoms with E-state index in [1.54, 1.807) is 6.20 Å². The van der Waals surface area contributed by atoms with Crippen LogP contribution in [0, 0.1) is 0 Å². The third kappa shape index (κ3) is 6.48. The lowest BCUT2D eigenvalue weighted by molar-refractivity contribution is 0.688. The molecule has 0 atom stereocenters. The summed E-state index contributed by atoms with van der Waals surface area (Å²) < 4.78 is 0.851. The van der Waals surface area contributed by atoms with E-state index in [-0.39, 0.29) is 5.28 Å². The maximum atomic E-state index is 5.73. The summed E-state index contributed by atoms with van der Waals surface area (Å²) in [4.78, 5) is 8.00. The molecule has 0 bridgehead atoms. The molecule has 0 saturated heterocycles. The first kappa shape index (κ1) is 15.1. The maximum Gasteiger partial charge on any atom is 0.224 e. The van der Waals surface area contributed by atoms with Crippen LogP contribution in [0.25, 0.3) is 0 Å². The van der Waals surface area contributed by atoms with Crippen molar-refractivity contribution in [1.29, 1.82) is 0 Å². The number of hydrogen-bond acceptors (Lipinski definition) is 4. The molecule has 3 nitrogen and oxygen atoms in total. The second-order valence-electron chi connectivity index (χ2n) is 3.67. The van der Waals surface area contributed by atoms with E-state index in [9.17, 15) is 0 Å². The smallest absolute Gasteiger partial charge is 0.224 e. The number of anilines is 1. The Balaban J connectivity index is 2.15. The van der Waals surface area contributed by atoms with Gasteiger partial charge in [0.1, 0.15) is 5.82 Å². The van der Waals surface area contributed by atoms with Crippen molar-refractivity contribution < 1.29 is 0 Å². The number of aromatic nitrogens is 2. The van der Waals surface area contributed by atoms with E-state index in [1.807, 2.05) is 11.8 Å². The number of nitrogens with zero attached hydrogens (tertiary/aromatic N) is 2. The van der Waals surface area contributed by atoms with Crippen molar-refractivity contribution >= 4 is 45.1 Å². The molecule has 0 radical (unpaired) electrons. The Kier molecular flexibility index (Phi) is 7.97. The largest absolute Gasteiger partial charge is 0.369 e. The molecule has 0 aromatic carbocycles. The number of thioether (sulfide) groups is 1. The van der Waals surface area contributed by atoms with E-state index in [4.69, 9.17) is 11.6 Å². The summed E-state index contributed by atoms with van der Waals surface area (Å²) in [6.45, 7) is 0.922. The Morgan fingerprint density at radius 2 is 2.12 bits per heavy atom. The first-order valence-electron chi connectivity index (χ1n) is 5.65. The molecule has 0 unspecified atom stereocenters. The summed E-state index contributed by atoms with van der Waals surface area (Å²) in [7, 11) is 0. The molecule has 1 heterocycles. The van der Waals surface area contributed by atoms with Crippen LogP contribution in [-0.2, 0) is 0 Å². The molecule has 6 heteroatoms. The van der Waals surface area contributed by atoms with E-state index in [2.05, 4.69) is 37.5 Å². The topological polar surface area (TPSA) is 37.8 Å². The lowest BCUT2D eigenvalue weighted by Crippen LogP contribution is -2.04. The number of halogens is 2. The monoisotopic (exact) mass is 337 g/mol. The maximum absolute atomic E-state index is 5.73. The lowest BCUT2D eigenvalue weighted by atomic mass is 10.2. The third-order valence-corrected chi connectivity index (χ3v) is 3.74. The van der Waals surface area contributed by atoms with Gasteiger partial charge in [-0.05, 0) is 52.4 Å². The number of nitrogens with one attached hydrogen (secondary N) is 1. The fourth-order valence-electron chi connectivity index (χ4n) is 1.40. The van der Waals surface area contributed by atoms with Crippen molar-refractivity contribution in [2.24, 2.45) is 0 Å². The van der Waals surface area contributed by atoms with Gasteiger partial charge < -0.3 is 5.32 Å². The van der Waals surface area contributed by atoms with Crippen LogP contribution >= 0.6 is 39.3 Å². The molecule has 0 aliphatic rings. The Hall–Kier alpha value is -0.000000000000000111. The van der Waals surface area contributed by atoms with Gasteiger partial charge in [-0.1, -0.05) is 12.8 Å². The van der Waals surface area contributed by atoms with Crippen LogP contribution < -0.4 is 5.32 Å². The average Bonchev–Trinajstić information content (AvgIpc) is 2.32. The molecule has 17 heavy (non-hydrogen) atoms. The Labute approximate surface area is 120 Å². The summed E-state index contributed by atoms with van der Waals surface area (Å²) in [6.07, 6.45) is 8.83. The third-order valence-electron chi connectivity index (χ3n) is 2.28. The molecular weight excluding hydrogens is 322 g/mol. The average molecular weight is 339 g/mol. The first-order valence-corrected chi connectivity index (χ1v) is 8.21. The van der Waals surface area contributed by atoms with Crippen LogP contribution in [0.2, 0.25) is 5.28 Å². The number of rotatable bonds is 8. The lowest BCUT2D eigenvalue weighted by Gasteiger charge is -2.07. The van der Waals surface area contributed by atoms with Crippen molar-refractivity contribution in [1.82, 2.24) is 9.97 Å². The molecule has 1 aromatic rings. The summed E-state index contributed by atoms with van der Waals surface area (Å²) in [5, 5.41) is 3.53. The first-order chi connectivity index (χ1) is 8.24. The van der Waals surface area contributed by atoms with Gasteiger partial charge in [0.2, 0.25) is 5.28 Å². The number of unbranched alkanes of at least 4 members (excludes halogenated alkanes) is 3. The van der Waals surface area contributed by atoms with Crippen LogP contribution in [0.3, 0.4) is 0 Å². The van der Waals surface area contributed by atoms with Gasteiger partial charge in [-0.3, -0.25) is 0 Å². The molecule has 0 aliphatic heterocycles. The van der Waals surface area contributed by atoms with Crippen LogP contribution in [0.4, 0.5) is 5.82 Å². The van der Waals surface area contributed by atoms with Gasteiger partial charge in [-0.15, -0.1) is 0 Å². The molecule has 0 spiro atoms. The Bertz CT molecular complexity index is 338. The van der Waals surface area contributed by atoms with Crippen LogP contribution in [0.15, 0.2) is 10.7 Å². The zero-order chi connectivity index (χ0) is 12.5. The molecule has 0 amide bonds. The van der Waals surface area contributed by atoms with E-state index in [1.165, 1.54) is 25.0 Å². The second-order valence-corrected chi connectivity index (χ2v) is 5.85. The molecule has 0 saturated carbocycles. The van der Waals surface area contributed by atoms with Gasteiger partial charge in [0.15, 0.2) is 0 Å². The fraction of sp³-hybridized carbons (Fsp3) is 0.636. The van der Waals surface area contributed by atoms with Gasteiger partial charge in [0.25, 0.3) is 0 Å². The van der Waals surface area contributed by atoms with Crippen molar-refractivity contribution in [3.05, 3.63) is 16.0 Å². The van der Waals surface area contributed by atoms with Crippen molar-refractivity contribution in [3.63, 3.8) is 0 Å². The molecule has 0 fully saturated rings. The molecule has 1 aromatic heterocycles. The Morgan fingerprint density at radius 1 is 1.35 bits per heavy atom. The van der Waals surface area contributed by atoms with Crippen molar-refractivity contribution in [3.8, 4) is 0 Å². The summed E-state index contributed by atoms with van der Waals surface area (Å²) in [5.41, 5.74) is 0. The highest BCUT2D eigenvalue weighted by atomic mass is 79.9. The van der Waals surface area contributed by atoms with Gasteiger partial charge in [-0.25, -0.2) is 4.98 Å². The summed E-state index contributed by atoms with van der Waals surface area (Å²) in [6, 6.07) is 0. The van der Waals surface area contributed by atoms with Gasteiger partial charge >= 0.3 is 0 Å². The predicted octanol–water partition coefficient (Wildman–Crippen LogP) is 4.23. The quantitative estimate of drug-likeness (QED) is 0.568. The van der Waals surface area contributed by atoms with Gasteiger partial charge in [-0.2, -0.15) is 16.7 Å². The SMILES string of the molecule is CSCCCCCCNc1nc(Cl)ncc1Br. The van der Waals surface area contributed by atoms with E-state index in [0.29, 0.717) is 0 Å². The van der Waals surface area contributed by atoms with Crippen LogP contribution in [0.1, 0.15) is 25.7 Å². The minimum atomic E-state index is 0.274. The summed E-state index contributed by atoms with van der Waals surface area (Å²) >= 11 is 11.0. The highest BCUT2D eigenvalue weighted by molar-refractivity contribution is 9.10. The standard InChI is InChI=1S/C11H17BrClN3S/c1-17-7-5-3-2-4-6-14-10-9(12)8-15-11(13)16-10/h8H,2-7H2,1H3,(H,14,15,16). The normalized spacial score (nSPS) is 10.5. The Morgan fingerprint density at radius 3 is 2.88 bits per heavy atom.